The monoisotopic (exact) mass is 234 g/mol. The molecule has 0 radical (unpaired) electrons. The minimum Gasteiger partial charge on any atom is -0.481 e. The Morgan fingerprint density at radius 3 is 2.88 bits per heavy atom. The fraction of sp³-hybridized carbons (Fsp3) is 0.643. The second-order valence-corrected chi connectivity index (χ2v) is 5.29. The van der Waals surface area contributed by atoms with Gasteiger partial charge in [0.1, 0.15) is 0 Å². The second kappa shape index (κ2) is 5.50. The van der Waals surface area contributed by atoms with Gasteiger partial charge in [-0.1, -0.05) is 19.9 Å². The van der Waals surface area contributed by atoms with Gasteiger partial charge in [-0.2, -0.15) is 0 Å². The number of hydrogen-bond acceptors (Lipinski definition) is 3. The molecule has 0 amide bonds. The zero-order chi connectivity index (χ0) is 12.3. The van der Waals surface area contributed by atoms with Crippen LogP contribution in [0, 0.1) is 11.8 Å². The standard InChI is InChI=1S/C14H22N2O/c1-10(2)7-15-8-12-6-13(12)11-4-5-14(17-3)16-9-11/h4-5,9-10,12-13,15H,6-8H2,1-3H3. The normalized spacial score (nSPS) is 22.8. The molecule has 1 aromatic heterocycles. The lowest BCUT2D eigenvalue weighted by Crippen LogP contribution is -2.22. The van der Waals surface area contributed by atoms with E-state index >= 15 is 0 Å². The average Bonchev–Trinajstić information content (AvgIpc) is 3.08. The SMILES string of the molecule is COc1ccc(C2CC2CNCC(C)C)cn1. The number of methoxy groups -OCH3 is 1. The molecule has 17 heavy (non-hydrogen) atoms. The maximum atomic E-state index is 5.06. The quantitative estimate of drug-likeness (QED) is 0.821. The molecule has 1 aromatic rings. The number of ether oxygens (including phenoxy) is 1. The Labute approximate surface area is 104 Å². The summed E-state index contributed by atoms with van der Waals surface area (Å²) in [6.45, 7) is 6.73. The highest BCUT2D eigenvalue weighted by molar-refractivity contribution is 5.26. The van der Waals surface area contributed by atoms with E-state index in [9.17, 15) is 0 Å². The maximum absolute atomic E-state index is 5.06. The molecular formula is C14H22N2O. The van der Waals surface area contributed by atoms with Crippen molar-refractivity contribution < 1.29 is 4.74 Å². The number of hydrogen-bond donors (Lipinski definition) is 1. The number of nitrogens with zero attached hydrogens (tertiary/aromatic N) is 1. The van der Waals surface area contributed by atoms with Crippen LogP contribution in [0.4, 0.5) is 0 Å². The van der Waals surface area contributed by atoms with E-state index in [0.29, 0.717) is 11.8 Å². The van der Waals surface area contributed by atoms with Crippen LogP contribution >= 0.6 is 0 Å². The minimum atomic E-state index is 0.698. The molecule has 0 spiro atoms. The van der Waals surface area contributed by atoms with Gasteiger partial charge in [-0.3, -0.25) is 0 Å². The number of pyridine rings is 1. The molecular weight excluding hydrogens is 212 g/mol. The Hall–Kier alpha value is -1.09. The van der Waals surface area contributed by atoms with E-state index in [2.05, 4.69) is 30.2 Å². The summed E-state index contributed by atoms with van der Waals surface area (Å²) in [6, 6.07) is 4.09. The van der Waals surface area contributed by atoms with Crippen LogP contribution in [0.15, 0.2) is 18.3 Å². The van der Waals surface area contributed by atoms with Crippen LogP contribution in [0.3, 0.4) is 0 Å². The Bertz CT molecular complexity index is 348. The van der Waals surface area contributed by atoms with E-state index in [1.54, 1.807) is 7.11 Å². The van der Waals surface area contributed by atoms with Crippen molar-refractivity contribution in [3.63, 3.8) is 0 Å². The number of aromatic nitrogens is 1. The van der Waals surface area contributed by atoms with E-state index in [0.717, 1.165) is 24.9 Å². The first-order valence-corrected chi connectivity index (χ1v) is 6.41. The predicted molar refractivity (Wildman–Crippen MR) is 69.3 cm³/mol. The Balaban J connectivity index is 1.77. The second-order valence-electron chi connectivity index (χ2n) is 5.29. The topological polar surface area (TPSA) is 34.1 Å². The highest BCUT2D eigenvalue weighted by Crippen LogP contribution is 2.46. The fourth-order valence-corrected chi connectivity index (χ4v) is 2.17. The molecule has 2 unspecified atom stereocenters. The van der Waals surface area contributed by atoms with Gasteiger partial charge < -0.3 is 10.1 Å². The lowest BCUT2D eigenvalue weighted by atomic mass is 10.1. The summed E-state index contributed by atoms with van der Waals surface area (Å²) < 4.78 is 5.06. The zero-order valence-corrected chi connectivity index (χ0v) is 10.9. The molecule has 1 saturated carbocycles. The largest absolute Gasteiger partial charge is 0.481 e. The van der Waals surface area contributed by atoms with E-state index in [4.69, 9.17) is 4.74 Å². The van der Waals surface area contributed by atoms with Gasteiger partial charge in [-0.05, 0) is 42.8 Å². The summed E-state index contributed by atoms with van der Waals surface area (Å²) in [5, 5.41) is 3.52. The first kappa shape index (κ1) is 12.4. The van der Waals surface area contributed by atoms with Gasteiger partial charge in [0.2, 0.25) is 5.88 Å². The van der Waals surface area contributed by atoms with Crippen molar-refractivity contribution in [3.05, 3.63) is 23.9 Å². The third-order valence-corrected chi connectivity index (χ3v) is 3.28. The van der Waals surface area contributed by atoms with Gasteiger partial charge in [0.25, 0.3) is 0 Å². The van der Waals surface area contributed by atoms with Crippen LogP contribution in [0.2, 0.25) is 0 Å². The van der Waals surface area contributed by atoms with Gasteiger partial charge in [-0.15, -0.1) is 0 Å². The van der Waals surface area contributed by atoms with Crippen LogP contribution in [0.5, 0.6) is 5.88 Å². The lowest BCUT2D eigenvalue weighted by molar-refractivity contribution is 0.397. The van der Waals surface area contributed by atoms with E-state index in [1.807, 2.05) is 12.3 Å². The molecule has 2 atom stereocenters. The highest BCUT2D eigenvalue weighted by atomic mass is 16.5. The number of rotatable bonds is 6. The van der Waals surface area contributed by atoms with E-state index in [1.165, 1.54) is 12.0 Å². The minimum absolute atomic E-state index is 0.698. The Morgan fingerprint density at radius 2 is 2.29 bits per heavy atom. The van der Waals surface area contributed by atoms with Crippen molar-refractivity contribution in [3.8, 4) is 5.88 Å². The summed E-state index contributed by atoms with van der Waals surface area (Å²) in [5.41, 5.74) is 1.35. The van der Waals surface area contributed by atoms with Gasteiger partial charge in [-0.25, -0.2) is 4.98 Å². The highest BCUT2D eigenvalue weighted by Gasteiger charge is 2.37. The van der Waals surface area contributed by atoms with Crippen LogP contribution in [0.1, 0.15) is 31.7 Å². The van der Waals surface area contributed by atoms with Crippen LogP contribution in [-0.4, -0.2) is 25.2 Å². The summed E-state index contributed by atoms with van der Waals surface area (Å²) in [5.74, 6) is 2.93. The van der Waals surface area contributed by atoms with Gasteiger partial charge >= 0.3 is 0 Å². The fourth-order valence-electron chi connectivity index (χ4n) is 2.17. The lowest BCUT2D eigenvalue weighted by Gasteiger charge is -2.07. The van der Waals surface area contributed by atoms with Crippen LogP contribution < -0.4 is 10.1 Å². The molecule has 0 aliphatic heterocycles. The van der Waals surface area contributed by atoms with E-state index in [-0.39, 0.29) is 0 Å². The van der Waals surface area contributed by atoms with Crippen molar-refractivity contribution in [2.24, 2.45) is 11.8 Å². The van der Waals surface area contributed by atoms with Crippen molar-refractivity contribution in [1.82, 2.24) is 10.3 Å². The molecule has 1 heterocycles. The van der Waals surface area contributed by atoms with Gasteiger partial charge in [0, 0.05) is 12.3 Å². The summed E-state index contributed by atoms with van der Waals surface area (Å²) in [4.78, 5) is 4.26. The van der Waals surface area contributed by atoms with Crippen LogP contribution in [-0.2, 0) is 0 Å². The molecule has 94 valence electrons. The van der Waals surface area contributed by atoms with E-state index < -0.39 is 0 Å². The van der Waals surface area contributed by atoms with Crippen molar-refractivity contribution >= 4 is 0 Å². The third-order valence-electron chi connectivity index (χ3n) is 3.28. The molecule has 0 bridgehead atoms. The van der Waals surface area contributed by atoms with Crippen LogP contribution in [0.25, 0.3) is 0 Å². The molecule has 2 rings (SSSR count). The molecule has 1 aliphatic rings. The van der Waals surface area contributed by atoms with Crippen molar-refractivity contribution in [1.29, 1.82) is 0 Å². The average molecular weight is 234 g/mol. The molecule has 0 aromatic carbocycles. The predicted octanol–water partition coefficient (Wildman–Crippen LogP) is 2.44. The van der Waals surface area contributed by atoms with Crippen molar-refractivity contribution in [2.45, 2.75) is 26.2 Å². The van der Waals surface area contributed by atoms with Gasteiger partial charge in [0.05, 0.1) is 7.11 Å². The summed E-state index contributed by atoms with van der Waals surface area (Å²) in [7, 11) is 1.65. The zero-order valence-electron chi connectivity index (χ0n) is 10.9. The maximum Gasteiger partial charge on any atom is 0.212 e. The summed E-state index contributed by atoms with van der Waals surface area (Å²) in [6.07, 6.45) is 3.24. The first-order valence-electron chi connectivity index (χ1n) is 6.41. The molecule has 1 N–H and O–H groups in total. The van der Waals surface area contributed by atoms with Gasteiger partial charge in [0.15, 0.2) is 0 Å². The molecule has 1 fully saturated rings. The molecule has 1 aliphatic carbocycles. The number of nitrogens with one attached hydrogen (secondary N) is 1. The Kier molecular flexibility index (Phi) is 4.00. The smallest absolute Gasteiger partial charge is 0.212 e. The van der Waals surface area contributed by atoms with Crippen molar-refractivity contribution in [2.75, 3.05) is 20.2 Å². The molecule has 3 nitrogen and oxygen atoms in total. The molecule has 3 heteroatoms. The summed E-state index contributed by atoms with van der Waals surface area (Å²) >= 11 is 0. The first-order chi connectivity index (χ1) is 8.20. The molecule has 0 saturated heterocycles. The Morgan fingerprint density at radius 1 is 1.47 bits per heavy atom. The third kappa shape index (κ3) is 3.43.